The molecule has 140 valence electrons. The number of nitrogens with zero attached hydrogens (tertiary/aromatic N) is 1. The predicted molar refractivity (Wildman–Crippen MR) is 102 cm³/mol. The second-order valence-electron chi connectivity index (χ2n) is 7.22. The largest absolute Gasteiger partial charge is 0.452 e. The summed E-state index contributed by atoms with van der Waals surface area (Å²) in [5.41, 5.74) is 3.17. The Morgan fingerprint density at radius 2 is 1.81 bits per heavy atom. The van der Waals surface area contributed by atoms with Crippen molar-refractivity contribution in [3.63, 3.8) is 0 Å². The van der Waals surface area contributed by atoms with Gasteiger partial charge in [0.15, 0.2) is 6.61 Å². The quantitative estimate of drug-likeness (QED) is 0.771. The molecule has 5 heteroatoms. The normalized spacial score (nSPS) is 11.3. The minimum absolute atomic E-state index is 0.273. The molecule has 1 aromatic heterocycles. The number of aromatic nitrogens is 1. The maximum Gasteiger partial charge on any atom is 0.340 e. The lowest BCUT2D eigenvalue weighted by Crippen LogP contribution is -2.44. The lowest BCUT2D eigenvalue weighted by molar-refractivity contribution is -0.125. The number of hydrogen-bond acceptors (Lipinski definition) is 3. The Kier molecular flexibility index (Phi) is 6.24. The molecule has 0 saturated heterocycles. The number of carbonyl (C=O) groups excluding carboxylic acids is 2. The molecule has 1 aromatic carbocycles. The van der Waals surface area contributed by atoms with Gasteiger partial charge in [0.25, 0.3) is 5.91 Å². The fourth-order valence-electron chi connectivity index (χ4n) is 2.73. The van der Waals surface area contributed by atoms with E-state index in [4.69, 9.17) is 4.74 Å². The van der Waals surface area contributed by atoms with Gasteiger partial charge >= 0.3 is 5.97 Å². The second kappa shape index (κ2) is 8.21. The molecular weight excluding hydrogens is 328 g/mol. The van der Waals surface area contributed by atoms with Crippen LogP contribution in [0.15, 0.2) is 36.4 Å². The van der Waals surface area contributed by atoms with Gasteiger partial charge in [0.05, 0.1) is 5.56 Å². The zero-order valence-corrected chi connectivity index (χ0v) is 16.3. The average molecular weight is 356 g/mol. The van der Waals surface area contributed by atoms with Crippen molar-refractivity contribution in [3.05, 3.63) is 58.9 Å². The Labute approximate surface area is 155 Å². The monoisotopic (exact) mass is 356 g/mol. The van der Waals surface area contributed by atoms with Gasteiger partial charge in [0.1, 0.15) is 0 Å². The molecule has 0 aliphatic rings. The maximum atomic E-state index is 12.4. The summed E-state index contributed by atoms with van der Waals surface area (Å²) in [5.74, 6) is -0.759. The summed E-state index contributed by atoms with van der Waals surface area (Å²) in [4.78, 5) is 24.4. The molecule has 5 nitrogen and oxygen atoms in total. The summed E-state index contributed by atoms with van der Waals surface area (Å²) in [5, 5.41) is 2.86. The highest BCUT2D eigenvalue weighted by molar-refractivity contribution is 5.92. The van der Waals surface area contributed by atoms with Crippen LogP contribution in [-0.4, -0.2) is 28.6 Å². The van der Waals surface area contributed by atoms with E-state index in [2.05, 4.69) is 22.0 Å². The fraction of sp³-hybridized carbons (Fsp3) is 0.429. The van der Waals surface area contributed by atoms with Crippen molar-refractivity contribution in [1.29, 1.82) is 0 Å². The molecule has 0 unspecified atom stereocenters. The third-order valence-corrected chi connectivity index (χ3v) is 4.67. The third-order valence-electron chi connectivity index (χ3n) is 4.67. The first-order valence-corrected chi connectivity index (χ1v) is 8.92. The molecule has 2 aromatic rings. The summed E-state index contributed by atoms with van der Waals surface area (Å²) in [6, 6.07) is 11.9. The summed E-state index contributed by atoms with van der Waals surface area (Å²) >= 11 is 0. The highest BCUT2D eigenvalue weighted by Gasteiger charge is 2.21. The predicted octanol–water partition coefficient (Wildman–Crippen LogP) is 3.61. The van der Waals surface area contributed by atoms with Crippen molar-refractivity contribution in [1.82, 2.24) is 9.88 Å². The molecular formula is C21H28N2O3. The molecule has 1 heterocycles. The van der Waals surface area contributed by atoms with Crippen LogP contribution in [0.1, 0.15) is 54.5 Å². The lowest BCUT2D eigenvalue weighted by Gasteiger charge is -2.24. The van der Waals surface area contributed by atoms with Crippen LogP contribution >= 0.6 is 0 Å². The van der Waals surface area contributed by atoms with E-state index < -0.39 is 5.97 Å². The standard InChI is InChI=1S/C21H28N2O3/c1-6-21(4,5)22-19(24)14-26-20(25)18-12-15(2)23(16(18)3)13-17-10-8-7-9-11-17/h7-12H,6,13-14H2,1-5H3,(H,22,24). The van der Waals surface area contributed by atoms with Gasteiger partial charge in [-0.1, -0.05) is 37.3 Å². The van der Waals surface area contributed by atoms with Gasteiger partial charge < -0.3 is 14.6 Å². The van der Waals surface area contributed by atoms with Crippen molar-refractivity contribution in [2.24, 2.45) is 0 Å². The van der Waals surface area contributed by atoms with Gasteiger partial charge in [0.2, 0.25) is 0 Å². The van der Waals surface area contributed by atoms with E-state index >= 15 is 0 Å². The maximum absolute atomic E-state index is 12.4. The number of carbonyl (C=O) groups is 2. The Balaban J connectivity index is 2.04. The first-order chi connectivity index (χ1) is 12.2. The molecule has 1 N–H and O–H groups in total. The number of amides is 1. The summed E-state index contributed by atoms with van der Waals surface area (Å²) in [6.07, 6.45) is 0.799. The summed E-state index contributed by atoms with van der Waals surface area (Å²) in [6.45, 7) is 10.1. The second-order valence-corrected chi connectivity index (χ2v) is 7.22. The molecule has 0 atom stereocenters. The Hall–Kier alpha value is -2.56. The lowest BCUT2D eigenvalue weighted by atomic mass is 10.0. The van der Waals surface area contributed by atoms with Gasteiger partial charge in [-0.3, -0.25) is 4.79 Å². The number of nitrogens with one attached hydrogen (secondary N) is 1. The third kappa shape index (κ3) is 4.97. The number of aryl methyl sites for hydroxylation is 1. The molecule has 0 saturated carbocycles. The van der Waals surface area contributed by atoms with Crippen molar-refractivity contribution < 1.29 is 14.3 Å². The molecule has 0 fully saturated rings. The topological polar surface area (TPSA) is 60.3 Å². The van der Waals surface area contributed by atoms with Crippen molar-refractivity contribution in [2.45, 2.75) is 53.1 Å². The Bertz CT molecular complexity index is 776. The molecule has 0 aliphatic heterocycles. The molecule has 2 rings (SSSR count). The molecule has 0 radical (unpaired) electrons. The number of esters is 1. The van der Waals surface area contributed by atoms with Crippen LogP contribution in [0.5, 0.6) is 0 Å². The van der Waals surface area contributed by atoms with Gasteiger partial charge in [0, 0.05) is 23.5 Å². The molecule has 1 amide bonds. The van der Waals surface area contributed by atoms with E-state index in [1.165, 1.54) is 0 Å². The van der Waals surface area contributed by atoms with Gasteiger partial charge in [-0.05, 0) is 45.7 Å². The number of benzene rings is 1. The van der Waals surface area contributed by atoms with Crippen LogP contribution in [0.2, 0.25) is 0 Å². The minimum atomic E-state index is -0.470. The molecule has 0 aliphatic carbocycles. The number of rotatable bonds is 7. The van der Waals surface area contributed by atoms with Gasteiger partial charge in [-0.25, -0.2) is 4.79 Å². The van der Waals surface area contributed by atoms with Crippen LogP contribution in [0.3, 0.4) is 0 Å². The minimum Gasteiger partial charge on any atom is -0.452 e. The highest BCUT2D eigenvalue weighted by Crippen LogP contribution is 2.18. The van der Waals surface area contributed by atoms with Gasteiger partial charge in [-0.15, -0.1) is 0 Å². The van der Waals surface area contributed by atoms with Crippen LogP contribution in [0.4, 0.5) is 0 Å². The van der Waals surface area contributed by atoms with Crippen molar-refractivity contribution >= 4 is 11.9 Å². The van der Waals surface area contributed by atoms with Gasteiger partial charge in [-0.2, -0.15) is 0 Å². The Morgan fingerprint density at radius 3 is 2.42 bits per heavy atom. The Morgan fingerprint density at radius 1 is 1.15 bits per heavy atom. The van der Waals surface area contributed by atoms with E-state index in [9.17, 15) is 9.59 Å². The first-order valence-electron chi connectivity index (χ1n) is 8.92. The molecule has 26 heavy (non-hydrogen) atoms. The first kappa shape index (κ1) is 19.8. The number of ether oxygens (including phenoxy) is 1. The molecule has 0 bridgehead atoms. The summed E-state index contributed by atoms with van der Waals surface area (Å²) in [7, 11) is 0. The zero-order valence-electron chi connectivity index (χ0n) is 16.3. The van der Waals surface area contributed by atoms with Crippen molar-refractivity contribution in [2.75, 3.05) is 6.61 Å². The van der Waals surface area contributed by atoms with Crippen LogP contribution < -0.4 is 5.32 Å². The van der Waals surface area contributed by atoms with Crippen LogP contribution in [0.25, 0.3) is 0 Å². The SMILES string of the molecule is CCC(C)(C)NC(=O)COC(=O)c1cc(C)n(Cc2ccccc2)c1C. The van der Waals surface area contributed by atoms with E-state index in [1.807, 2.05) is 58.9 Å². The van der Waals surface area contributed by atoms with E-state index in [0.29, 0.717) is 12.1 Å². The highest BCUT2D eigenvalue weighted by atomic mass is 16.5. The summed E-state index contributed by atoms with van der Waals surface area (Å²) < 4.78 is 7.29. The average Bonchev–Trinajstić information content (AvgIpc) is 2.88. The fourth-order valence-corrected chi connectivity index (χ4v) is 2.73. The smallest absolute Gasteiger partial charge is 0.340 e. The van der Waals surface area contributed by atoms with Crippen molar-refractivity contribution in [3.8, 4) is 0 Å². The molecule has 0 spiro atoms. The van der Waals surface area contributed by atoms with E-state index in [-0.39, 0.29) is 18.1 Å². The zero-order chi connectivity index (χ0) is 19.3. The van der Waals surface area contributed by atoms with E-state index in [0.717, 1.165) is 23.4 Å². The van der Waals surface area contributed by atoms with Crippen LogP contribution in [-0.2, 0) is 16.1 Å². The van der Waals surface area contributed by atoms with Crippen LogP contribution in [0, 0.1) is 13.8 Å². The van der Waals surface area contributed by atoms with E-state index in [1.54, 1.807) is 0 Å². The number of hydrogen-bond donors (Lipinski definition) is 1.